The van der Waals surface area contributed by atoms with Gasteiger partial charge in [-0.1, -0.05) is 47.5 Å². The lowest BCUT2D eigenvalue weighted by Gasteiger charge is -2.10. The number of hydrogen-bond donors (Lipinski definition) is 0. The molecule has 0 saturated heterocycles. The van der Waals surface area contributed by atoms with Gasteiger partial charge in [-0.05, 0) is 76.1 Å². The Bertz CT molecular complexity index is 2090. The number of nitrogens with zero attached hydrogens (tertiary/aromatic N) is 4. The summed E-state index contributed by atoms with van der Waals surface area (Å²) < 4.78 is 13.2. The first kappa shape index (κ1) is 27.6. The number of ether oxygens (including phenoxy) is 1. The van der Waals surface area contributed by atoms with Gasteiger partial charge in [-0.2, -0.15) is 9.78 Å². The number of aromatic nitrogens is 2. The van der Waals surface area contributed by atoms with E-state index in [0.717, 1.165) is 15.6 Å². The van der Waals surface area contributed by atoms with Crippen LogP contribution in [0.15, 0.2) is 104 Å². The Morgan fingerprint density at radius 2 is 1.79 bits per heavy atom. The van der Waals surface area contributed by atoms with E-state index in [2.05, 4.69) is 26.0 Å². The molecule has 0 saturated carbocycles. The Morgan fingerprint density at radius 1 is 1.02 bits per heavy atom. The van der Waals surface area contributed by atoms with Gasteiger partial charge >= 0.3 is 5.69 Å². The molecular weight excluding hydrogens is 647 g/mol. The molecule has 0 unspecified atom stereocenters. The molecule has 6 aromatic rings. The molecule has 0 aliphatic heterocycles. The standard InChI is InChI=1S/C30H17BrCl2N4O5/c31-23-11-18(12-25(37(39)40)28(23)41-16-17-5-7-20(32)8-6-17)15-34-36-29(35-24-4-2-1-3-22(24)30(36)38)27-14-19-13-21(33)9-10-26(19)42-27/h1-15H,16H2. The third-order valence-electron chi connectivity index (χ3n) is 6.31. The van der Waals surface area contributed by atoms with Crippen LogP contribution in [-0.2, 0) is 6.61 Å². The molecule has 0 amide bonds. The highest BCUT2D eigenvalue weighted by Gasteiger charge is 2.21. The molecule has 0 radical (unpaired) electrons. The average molecular weight is 664 g/mol. The van der Waals surface area contributed by atoms with E-state index >= 15 is 0 Å². The predicted molar refractivity (Wildman–Crippen MR) is 166 cm³/mol. The van der Waals surface area contributed by atoms with Gasteiger partial charge in [0.05, 0.1) is 26.5 Å². The van der Waals surface area contributed by atoms with Crippen molar-refractivity contribution in [1.82, 2.24) is 9.66 Å². The molecule has 4 aromatic carbocycles. The zero-order valence-electron chi connectivity index (χ0n) is 21.3. The number of para-hydroxylation sites is 1. The Kier molecular flexibility index (Phi) is 7.51. The van der Waals surface area contributed by atoms with Crippen molar-refractivity contribution >= 4 is 72.9 Å². The van der Waals surface area contributed by atoms with Crippen LogP contribution in [0.25, 0.3) is 33.5 Å². The van der Waals surface area contributed by atoms with E-state index < -0.39 is 10.5 Å². The molecule has 0 bridgehead atoms. The molecule has 0 atom stereocenters. The van der Waals surface area contributed by atoms with Crippen LogP contribution in [0, 0.1) is 10.1 Å². The highest BCUT2D eigenvalue weighted by Crippen LogP contribution is 2.37. The van der Waals surface area contributed by atoms with Gasteiger partial charge < -0.3 is 9.15 Å². The van der Waals surface area contributed by atoms with Crippen LogP contribution in [0.4, 0.5) is 5.69 Å². The maximum atomic E-state index is 13.6. The van der Waals surface area contributed by atoms with E-state index in [-0.39, 0.29) is 23.9 Å². The van der Waals surface area contributed by atoms with Gasteiger partial charge in [0, 0.05) is 27.1 Å². The molecule has 0 fully saturated rings. The smallest absolute Gasteiger partial charge is 0.312 e. The molecule has 0 aliphatic rings. The van der Waals surface area contributed by atoms with Gasteiger partial charge in [0.1, 0.15) is 12.2 Å². The minimum atomic E-state index is -0.548. The third-order valence-corrected chi connectivity index (χ3v) is 7.39. The van der Waals surface area contributed by atoms with Crippen LogP contribution < -0.4 is 10.3 Å². The van der Waals surface area contributed by atoms with Crippen molar-refractivity contribution in [2.45, 2.75) is 6.61 Å². The van der Waals surface area contributed by atoms with Crippen molar-refractivity contribution in [3.63, 3.8) is 0 Å². The van der Waals surface area contributed by atoms with Gasteiger partial charge in [-0.25, -0.2) is 4.98 Å². The molecule has 0 spiro atoms. The molecule has 208 valence electrons. The normalized spacial score (nSPS) is 11.5. The number of benzene rings is 4. The fourth-order valence-corrected chi connectivity index (χ4v) is 5.22. The summed E-state index contributed by atoms with van der Waals surface area (Å²) in [6.45, 7) is 0.0915. The van der Waals surface area contributed by atoms with E-state index in [0.29, 0.717) is 42.3 Å². The van der Waals surface area contributed by atoms with Crippen molar-refractivity contribution in [2.24, 2.45) is 5.10 Å². The zero-order chi connectivity index (χ0) is 29.4. The Hall–Kier alpha value is -4.51. The molecule has 42 heavy (non-hydrogen) atoms. The minimum Gasteiger partial charge on any atom is -0.481 e. The molecule has 0 N–H and O–H groups in total. The number of furan rings is 1. The first-order valence-electron chi connectivity index (χ1n) is 12.4. The quantitative estimate of drug-likeness (QED) is 0.0966. The summed E-state index contributed by atoms with van der Waals surface area (Å²) in [6, 6.07) is 23.6. The first-order chi connectivity index (χ1) is 20.3. The Labute approximate surface area is 255 Å². The summed E-state index contributed by atoms with van der Waals surface area (Å²) in [7, 11) is 0. The molecule has 9 nitrogen and oxygen atoms in total. The predicted octanol–water partition coefficient (Wildman–Crippen LogP) is 8.25. The van der Waals surface area contributed by atoms with Crippen LogP contribution in [0.1, 0.15) is 11.1 Å². The minimum absolute atomic E-state index is 0.0539. The average Bonchev–Trinajstić information content (AvgIpc) is 3.39. The van der Waals surface area contributed by atoms with E-state index in [4.69, 9.17) is 32.4 Å². The van der Waals surface area contributed by atoms with Crippen molar-refractivity contribution < 1.29 is 14.1 Å². The monoisotopic (exact) mass is 662 g/mol. The SMILES string of the molecule is O=c1c2ccccc2nc(-c2cc3cc(Cl)ccc3o2)n1N=Cc1cc(Br)c(OCc2ccc(Cl)cc2)c([N+](=O)[O-])c1. The van der Waals surface area contributed by atoms with Crippen LogP contribution in [0.2, 0.25) is 10.0 Å². The molecule has 12 heteroatoms. The van der Waals surface area contributed by atoms with E-state index in [9.17, 15) is 14.9 Å². The number of nitro groups is 1. The lowest BCUT2D eigenvalue weighted by atomic mass is 10.2. The van der Waals surface area contributed by atoms with Gasteiger partial charge in [0.15, 0.2) is 5.76 Å². The van der Waals surface area contributed by atoms with Gasteiger partial charge in [-0.15, -0.1) is 0 Å². The maximum absolute atomic E-state index is 13.6. The van der Waals surface area contributed by atoms with Crippen LogP contribution in [0.5, 0.6) is 5.75 Å². The largest absolute Gasteiger partial charge is 0.481 e. The van der Waals surface area contributed by atoms with E-state index in [1.54, 1.807) is 78.9 Å². The summed E-state index contributed by atoms with van der Waals surface area (Å²) in [5, 5.41) is 18.5. The second-order valence-corrected chi connectivity index (χ2v) is 10.9. The number of fused-ring (bicyclic) bond motifs is 2. The third kappa shape index (κ3) is 5.52. The summed E-state index contributed by atoms with van der Waals surface area (Å²) in [4.78, 5) is 29.6. The van der Waals surface area contributed by atoms with Crippen molar-refractivity contribution in [2.75, 3.05) is 0 Å². The van der Waals surface area contributed by atoms with E-state index in [1.165, 1.54) is 12.3 Å². The lowest BCUT2D eigenvalue weighted by Crippen LogP contribution is -2.20. The van der Waals surface area contributed by atoms with Crippen LogP contribution >= 0.6 is 39.1 Å². The summed E-state index contributed by atoms with van der Waals surface area (Å²) in [6.07, 6.45) is 1.33. The second-order valence-electron chi connectivity index (χ2n) is 9.13. The Balaban J connectivity index is 1.41. The fraction of sp³-hybridized carbons (Fsp3) is 0.0333. The first-order valence-corrected chi connectivity index (χ1v) is 13.9. The van der Waals surface area contributed by atoms with Gasteiger partial charge in [0.2, 0.25) is 11.6 Å². The molecular formula is C30H17BrCl2N4O5. The van der Waals surface area contributed by atoms with Crippen LogP contribution in [-0.4, -0.2) is 20.8 Å². The maximum Gasteiger partial charge on any atom is 0.312 e. The number of nitro benzene ring substituents is 1. The molecule has 0 aliphatic carbocycles. The Morgan fingerprint density at radius 3 is 2.57 bits per heavy atom. The van der Waals surface area contributed by atoms with Crippen molar-refractivity contribution in [1.29, 1.82) is 0 Å². The van der Waals surface area contributed by atoms with Gasteiger partial charge in [-0.3, -0.25) is 14.9 Å². The topological polar surface area (TPSA) is 113 Å². The fourth-order valence-electron chi connectivity index (χ4n) is 4.33. The number of hydrogen-bond acceptors (Lipinski definition) is 7. The van der Waals surface area contributed by atoms with E-state index in [1.807, 2.05) is 0 Å². The number of rotatable bonds is 7. The summed E-state index contributed by atoms with van der Waals surface area (Å²) in [5.41, 5.74) is 1.42. The lowest BCUT2D eigenvalue weighted by molar-refractivity contribution is -0.386. The van der Waals surface area contributed by atoms with Crippen molar-refractivity contribution in [3.8, 4) is 17.3 Å². The van der Waals surface area contributed by atoms with Crippen molar-refractivity contribution in [3.05, 3.63) is 131 Å². The molecule has 2 heterocycles. The summed E-state index contributed by atoms with van der Waals surface area (Å²) in [5.74, 6) is 0.502. The van der Waals surface area contributed by atoms with Crippen LogP contribution in [0.3, 0.4) is 0 Å². The highest BCUT2D eigenvalue weighted by atomic mass is 79.9. The molecule has 6 rings (SSSR count). The summed E-state index contributed by atoms with van der Waals surface area (Å²) >= 11 is 15.5. The second kappa shape index (κ2) is 11.4. The zero-order valence-corrected chi connectivity index (χ0v) is 24.4. The molecule has 2 aromatic heterocycles. The van der Waals surface area contributed by atoms with Gasteiger partial charge in [0.25, 0.3) is 5.56 Å². The highest BCUT2D eigenvalue weighted by molar-refractivity contribution is 9.10. The number of halogens is 3.